The van der Waals surface area contributed by atoms with Crippen LogP contribution in [0.1, 0.15) is 20.8 Å². The average Bonchev–Trinajstić information content (AvgIpc) is 2.28. The second-order valence-corrected chi connectivity index (χ2v) is 5.64. The number of hydrogen-bond donors (Lipinski definition) is 1. The quantitative estimate of drug-likeness (QED) is 0.876. The van der Waals surface area contributed by atoms with Crippen LogP contribution < -0.4 is 10.2 Å². The van der Waals surface area contributed by atoms with Crippen LogP contribution in [-0.2, 0) is 4.74 Å². The first-order valence-electron chi connectivity index (χ1n) is 6.36. The third-order valence-electron chi connectivity index (χ3n) is 2.82. The molecule has 0 atom stereocenters. The molecule has 1 aromatic rings. The van der Waals surface area contributed by atoms with Crippen molar-refractivity contribution in [2.24, 2.45) is 0 Å². The first kappa shape index (κ1) is 13.1. The zero-order valence-electron chi connectivity index (χ0n) is 11.3. The lowest BCUT2D eigenvalue weighted by Gasteiger charge is -2.29. The number of nitrogens with one attached hydrogen (secondary N) is 1. The summed E-state index contributed by atoms with van der Waals surface area (Å²) in [7, 11) is 0. The number of hydrogen-bond acceptors (Lipinski definition) is 3. The van der Waals surface area contributed by atoms with E-state index in [2.05, 4.69) is 26.1 Å². The first-order chi connectivity index (χ1) is 8.46. The van der Waals surface area contributed by atoms with Gasteiger partial charge in [-0.25, -0.2) is 4.39 Å². The van der Waals surface area contributed by atoms with Crippen LogP contribution in [-0.4, -0.2) is 31.8 Å². The number of nitrogens with zero attached hydrogens (tertiary/aromatic N) is 1. The van der Waals surface area contributed by atoms with E-state index < -0.39 is 0 Å². The van der Waals surface area contributed by atoms with Gasteiger partial charge < -0.3 is 15.0 Å². The molecular formula is C14H21FN2O. The second kappa shape index (κ2) is 5.14. The molecule has 1 fully saturated rings. The van der Waals surface area contributed by atoms with Crippen molar-refractivity contribution in [3.8, 4) is 0 Å². The lowest BCUT2D eigenvalue weighted by molar-refractivity contribution is 0.122. The largest absolute Gasteiger partial charge is 0.380 e. The third-order valence-corrected chi connectivity index (χ3v) is 2.82. The Morgan fingerprint density at radius 3 is 2.44 bits per heavy atom. The monoisotopic (exact) mass is 252 g/mol. The predicted octanol–water partition coefficient (Wildman–Crippen LogP) is 2.87. The van der Waals surface area contributed by atoms with Crippen molar-refractivity contribution in [1.82, 2.24) is 0 Å². The summed E-state index contributed by atoms with van der Waals surface area (Å²) >= 11 is 0. The smallest absolute Gasteiger partial charge is 0.148 e. The highest BCUT2D eigenvalue weighted by atomic mass is 19.1. The van der Waals surface area contributed by atoms with Crippen LogP contribution in [0.5, 0.6) is 0 Å². The minimum absolute atomic E-state index is 0.0626. The molecule has 0 saturated carbocycles. The Bertz CT molecular complexity index is 409. The Morgan fingerprint density at radius 2 is 1.89 bits per heavy atom. The third kappa shape index (κ3) is 3.35. The van der Waals surface area contributed by atoms with Gasteiger partial charge in [0.1, 0.15) is 5.82 Å². The fourth-order valence-corrected chi connectivity index (χ4v) is 2.08. The highest BCUT2D eigenvalue weighted by molar-refractivity contribution is 5.57. The van der Waals surface area contributed by atoms with Gasteiger partial charge in [0.15, 0.2) is 0 Å². The van der Waals surface area contributed by atoms with Crippen molar-refractivity contribution in [2.45, 2.75) is 26.3 Å². The standard InChI is InChI=1S/C14H21FN2O/c1-14(2,3)16-11-4-5-13(12(15)10-11)17-6-8-18-9-7-17/h4-5,10,16H,6-9H2,1-3H3. The van der Waals surface area contributed by atoms with Gasteiger partial charge in [0, 0.05) is 24.3 Å². The predicted molar refractivity (Wildman–Crippen MR) is 72.8 cm³/mol. The van der Waals surface area contributed by atoms with Crippen molar-refractivity contribution in [3.05, 3.63) is 24.0 Å². The summed E-state index contributed by atoms with van der Waals surface area (Å²) in [6, 6.07) is 5.34. The van der Waals surface area contributed by atoms with E-state index in [1.165, 1.54) is 0 Å². The Hall–Kier alpha value is -1.29. The minimum atomic E-state index is -0.175. The van der Waals surface area contributed by atoms with E-state index in [0.29, 0.717) is 18.9 Å². The molecule has 1 heterocycles. The van der Waals surface area contributed by atoms with Gasteiger partial charge in [-0.1, -0.05) is 0 Å². The minimum Gasteiger partial charge on any atom is -0.380 e. The van der Waals surface area contributed by atoms with Gasteiger partial charge in [0.05, 0.1) is 18.9 Å². The summed E-state index contributed by atoms with van der Waals surface area (Å²) in [5.74, 6) is -0.175. The van der Waals surface area contributed by atoms with Crippen molar-refractivity contribution in [2.75, 3.05) is 36.5 Å². The molecule has 0 unspecified atom stereocenters. The first-order valence-corrected chi connectivity index (χ1v) is 6.36. The summed E-state index contributed by atoms with van der Waals surface area (Å²) in [5.41, 5.74) is 1.42. The van der Waals surface area contributed by atoms with E-state index in [-0.39, 0.29) is 11.4 Å². The molecule has 1 saturated heterocycles. The van der Waals surface area contributed by atoms with Crippen LogP contribution in [0.2, 0.25) is 0 Å². The normalized spacial score (nSPS) is 16.8. The van der Waals surface area contributed by atoms with E-state index >= 15 is 0 Å². The van der Waals surface area contributed by atoms with E-state index in [4.69, 9.17) is 4.74 Å². The van der Waals surface area contributed by atoms with Gasteiger partial charge in [-0.2, -0.15) is 0 Å². The summed E-state index contributed by atoms with van der Waals surface area (Å²) in [5, 5.41) is 3.27. The molecule has 0 aliphatic carbocycles. The molecule has 0 spiro atoms. The van der Waals surface area contributed by atoms with Gasteiger partial charge in [0.25, 0.3) is 0 Å². The second-order valence-electron chi connectivity index (χ2n) is 5.64. The number of morpholine rings is 1. The van der Waals surface area contributed by atoms with Gasteiger partial charge in [0.2, 0.25) is 0 Å². The Labute approximate surface area is 108 Å². The van der Waals surface area contributed by atoms with Crippen LogP contribution in [0.15, 0.2) is 18.2 Å². The molecule has 0 bridgehead atoms. The van der Waals surface area contributed by atoms with Crippen LogP contribution in [0.25, 0.3) is 0 Å². The molecule has 0 radical (unpaired) electrons. The zero-order valence-corrected chi connectivity index (χ0v) is 11.3. The number of rotatable bonds is 2. The average molecular weight is 252 g/mol. The SMILES string of the molecule is CC(C)(C)Nc1ccc(N2CCOCC2)c(F)c1. The summed E-state index contributed by atoms with van der Waals surface area (Å²) in [6.07, 6.45) is 0. The molecule has 0 amide bonds. The zero-order chi connectivity index (χ0) is 13.2. The molecule has 0 aromatic heterocycles. The maximum Gasteiger partial charge on any atom is 0.148 e. The highest BCUT2D eigenvalue weighted by Gasteiger charge is 2.16. The van der Waals surface area contributed by atoms with Crippen molar-refractivity contribution in [1.29, 1.82) is 0 Å². The topological polar surface area (TPSA) is 24.5 Å². The molecule has 1 aromatic carbocycles. The van der Waals surface area contributed by atoms with E-state index in [1.807, 2.05) is 17.0 Å². The Kier molecular flexibility index (Phi) is 3.76. The number of benzene rings is 1. The molecule has 1 aliphatic heterocycles. The fourth-order valence-electron chi connectivity index (χ4n) is 2.08. The lowest BCUT2D eigenvalue weighted by Crippen LogP contribution is -2.36. The van der Waals surface area contributed by atoms with Crippen molar-refractivity contribution >= 4 is 11.4 Å². The van der Waals surface area contributed by atoms with Crippen molar-refractivity contribution in [3.63, 3.8) is 0 Å². The van der Waals surface area contributed by atoms with Gasteiger partial charge in [-0.05, 0) is 39.0 Å². The molecule has 1 aliphatic rings. The van der Waals surface area contributed by atoms with E-state index in [1.54, 1.807) is 6.07 Å². The number of halogens is 1. The molecule has 100 valence electrons. The van der Waals surface area contributed by atoms with Gasteiger partial charge in [-0.15, -0.1) is 0 Å². The molecule has 3 nitrogen and oxygen atoms in total. The summed E-state index contributed by atoms with van der Waals surface area (Å²) in [4.78, 5) is 2.03. The Balaban J connectivity index is 2.14. The number of anilines is 2. The maximum atomic E-state index is 14.1. The van der Waals surface area contributed by atoms with Crippen LogP contribution in [0, 0.1) is 5.82 Å². The molecule has 1 N–H and O–H groups in total. The molecule has 18 heavy (non-hydrogen) atoms. The summed E-state index contributed by atoms with van der Waals surface area (Å²) < 4.78 is 19.4. The van der Waals surface area contributed by atoms with Gasteiger partial charge >= 0.3 is 0 Å². The van der Waals surface area contributed by atoms with Crippen LogP contribution >= 0.6 is 0 Å². The molecule has 4 heteroatoms. The maximum absolute atomic E-state index is 14.1. The Morgan fingerprint density at radius 1 is 1.22 bits per heavy atom. The fraction of sp³-hybridized carbons (Fsp3) is 0.571. The van der Waals surface area contributed by atoms with Crippen molar-refractivity contribution < 1.29 is 9.13 Å². The molecule has 2 rings (SSSR count). The van der Waals surface area contributed by atoms with Crippen LogP contribution in [0.3, 0.4) is 0 Å². The summed E-state index contributed by atoms with van der Waals surface area (Å²) in [6.45, 7) is 9.01. The van der Waals surface area contributed by atoms with E-state index in [9.17, 15) is 4.39 Å². The highest BCUT2D eigenvalue weighted by Crippen LogP contribution is 2.25. The molecular weight excluding hydrogens is 231 g/mol. The van der Waals surface area contributed by atoms with E-state index in [0.717, 1.165) is 18.8 Å². The van der Waals surface area contributed by atoms with Gasteiger partial charge in [-0.3, -0.25) is 0 Å². The van der Waals surface area contributed by atoms with Crippen LogP contribution in [0.4, 0.5) is 15.8 Å². The lowest BCUT2D eigenvalue weighted by atomic mass is 10.1. The number of ether oxygens (including phenoxy) is 1.